The first kappa shape index (κ1) is 43.0. The third-order valence-electron chi connectivity index (χ3n) is 16.7. The van der Waals surface area contributed by atoms with Crippen molar-refractivity contribution in [1.82, 2.24) is 0 Å². The minimum Gasteiger partial charge on any atom is -0.310 e. The zero-order chi connectivity index (χ0) is 49.0. The number of hydrogen-bond acceptors (Lipinski definition) is 1. The molecular formula is C72H53N. The van der Waals surface area contributed by atoms with E-state index in [9.17, 15) is 0 Å². The molecule has 1 heteroatoms. The summed E-state index contributed by atoms with van der Waals surface area (Å²) in [6, 6.07) is 93.5. The fraction of sp³-hybridized carbons (Fsp3) is 0.0833. The van der Waals surface area contributed by atoms with E-state index in [1.54, 1.807) is 0 Å². The number of nitrogens with zero attached hydrogens (tertiary/aromatic N) is 1. The van der Waals surface area contributed by atoms with E-state index in [-0.39, 0.29) is 5.41 Å². The molecule has 0 atom stereocenters. The van der Waals surface area contributed by atoms with Crippen LogP contribution < -0.4 is 4.90 Å². The molecule has 73 heavy (non-hydrogen) atoms. The Hall–Kier alpha value is -8.78. The van der Waals surface area contributed by atoms with Gasteiger partial charge in [-0.2, -0.15) is 0 Å². The number of rotatable bonds is 7. The number of hydrogen-bond donors (Lipinski definition) is 0. The van der Waals surface area contributed by atoms with Gasteiger partial charge < -0.3 is 4.90 Å². The molecule has 0 radical (unpaired) electrons. The molecule has 14 rings (SSSR count). The van der Waals surface area contributed by atoms with Crippen molar-refractivity contribution < 1.29 is 0 Å². The summed E-state index contributed by atoms with van der Waals surface area (Å²) in [7, 11) is 0. The van der Waals surface area contributed by atoms with Crippen LogP contribution >= 0.6 is 0 Å². The molecule has 0 N–H and O–H groups in total. The van der Waals surface area contributed by atoms with Gasteiger partial charge in [0.1, 0.15) is 0 Å². The molecule has 0 bridgehead atoms. The van der Waals surface area contributed by atoms with Gasteiger partial charge in [-0.25, -0.2) is 0 Å². The monoisotopic (exact) mass is 931 g/mol. The summed E-state index contributed by atoms with van der Waals surface area (Å²) in [4.78, 5) is 2.54. The molecule has 0 aliphatic heterocycles. The summed E-state index contributed by atoms with van der Waals surface area (Å²) in [6.07, 6.45) is 0. The Morgan fingerprint density at radius 3 is 1.52 bits per heavy atom. The Balaban J connectivity index is 1.07. The lowest BCUT2D eigenvalue weighted by Crippen LogP contribution is -2.25. The van der Waals surface area contributed by atoms with Gasteiger partial charge in [0.25, 0.3) is 0 Å². The number of anilines is 3. The predicted octanol–water partition coefficient (Wildman–Crippen LogP) is 19.1. The Labute approximate surface area is 429 Å². The van der Waals surface area contributed by atoms with Gasteiger partial charge in [-0.05, 0) is 167 Å². The molecule has 346 valence electrons. The quantitative estimate of drug-likeness (QED) is 0.154. The van der Waals surface area contributed by atoms with Crippen LogP contribution in [0.25, 0.3) is 77.9 Å². The largest absolute Gasteiger partial charge is 0.310 e. The lowest BCUT2D eigenvalue weighted by Gasteiger charge is -2.32. The number of benzene rings is 11. The molecular weight excluding hydrogens is 879 g/mol. The Morgan fingerprint density at radius 1 is 0.288 bits per heavy atom. The van der Waals surface area contributed by atoms with Crippen molar-refractivity contribution in [3.63, 3.8) is 0 Å². The molecule has 1 nitrogen and oxygen atoms in total. The highest BCUT2D eigenvalue weighted by Gasteiger charge is 2.52. The van der Waals surface area contributed by atoms with Crippen molar-refractivity contribution >= 4 is 17.1 Å². The normalized spacial score (nSPS) is 13.7. The van der Waals surface area contributed by atoms with Gasteiger partial charge in [0, 0.05) is 22.4 Å². The summed E-state index contributed by atoms with van der Waals surface area (Å²) in [5, 5.41) is 0. The van der Waals surface area contributed by atoms with Gasteiger partial charge in [-0.1, -0.05) is 226 Å². The smallest absolute Gasteiger partial charge is 0.0725 e. The minimum absolute atomic E-state index is 0.183. The second kappa shape index (κ2) is 16.4. The third-order valence-corrected chi connectivity index (χ3v) is 16.7. The molecule has 0 fully saturated rings. The highest BCUT2D eigenvalue weighted by Crippen LogP contribution is 2.64. The molecule has 0 saturated heterocycles. The average Bonchev–Trinajstić information content (AvgIpc) is 4.00. The number of fused-ring (bicyclic) bond motifs is 13. The van der Waals surface area contributed by atoms with Crippen LogP contribution in [0.2, 0.25) is 0 Å². The van der Waals surface area contributed by atoms with E-state index in [0.29, 0.717) is 0 Å². The molecule has 3 aliphatic rings. The maximum Gasteiger partial charge on any atom is 0.0725 e. The first-order chi connectivity index (χ1) is 35.8. The highest BCUT2D eigenvalue weighted by molar-refractivity contribution is 6.04. The number of aryl methyl sites for hydroxylation is 1. The average molecular weight is 932 g/mol. The van der Waals surface area contributed by atoms with Gasteiger partial charge in [0.15, 0.2) is 0 Å². The topological polar surface area (TPSA) is 3.24 Å². The standard InChI is InChI=1S/C72H53N/c1-46-21-8-9-26-53(46)55-32-19-31-54(47(55)2)50-39-42-69(73(51-25-18-24-49(43-51)48-22-6-5-7-23-48)52-40-41-59-56-27-10-14-34-63(56)71(3,4)68(59)45-52)62(44-50)60-33-20-38-67-70(60)61-30-13-17-37-66(61)72(67)64-35-15-11-28-57(64)58-29-12-16-36-65(58)72/h5-45H,1-4H3. The van der Waals surface area contributed by atoms with Crippen LogP contribution in [0.1, 0.15) is 58.4 Å². The first-order valence-corrected chi connectivity index (χ1v) is 25.8. The van der Waals surface area contributed by atoms with Crippen molar-refractivity contribution in [2.24, 2.45) is 0 Å². The minimum atomic E-state index is -0.477. The lowest BCUT2D eigenvalue weighted by atomic mass is 9.70. The van der Waals surface area contributed by atoms with E-state index in [1.807, 2.05) is 0 Å². The van der Waals surface area contributed by atoms with Gasteiger partial charge in [0.05, 0.1) is 11.1 Å². The summed E-state index contributed by atoms with van der Waals surface area (Å²) in [6.45, 7) is 9.28. The van der Waals surface area contributed by atoms with Crippen LogP contribution in [0.4, 0.5) is 17.1 Å². The maximum absolute atomic E-state index is 2.54. The van der Waals surface area contributed by atoms with E-state index in [0.717, 1.165) is 17.1 Å². The summed E-state index contributed by atoms with van der Waals surface area (Å²) in [5.74, 6) is 0. The summed E-state index contributed by atoms with van der Waals surface area (Å²) in [5.41, 5.74) is 30.8. The maximum atomic E-state index is 2.54. The van der Waals surface area contributed by atoms with E-state index < -0.39 is 5.41 Å². The van der Waals surface area contributed by atoms with E-state index >= 15 is 0 Å². The van der Waals surface area contributed by atoms with Gasteiger partial charge in [-0.15, -0.1) is 0 Å². The molecule has 0 saturated carbocycles. The zero-order valence-electron chi connectivity index (χ0n) is 41.6. The molecule has 11 aromatic carbocycles. The Bertz CT molecular complexity index is 3990. The van der Waals surface area contributed by atoms with E-state index in [4.69, 9.17) is 0 Å². The Morgan fingerprint density at radius 2 is 0.795 bits per heavy atom. The van der Waals surface area contributed by atoms with Crippen molar-refractivity contribution in [1.29, 1.82) is 0 Å². The van der Waals surface area contributed by atoms with E-state index in [2.05, 4.69) is 281 Å². The third kappa shape index (κ3) is 6.28. The second-order valence-corrected chi connectivity index (χ2v) is 20.8. The van der Waals surface area contributed by atoms with Crippen LogP contribution in [0.3, 0.4) is 0 Å². The molecule has 1 spiro atoms. The zero-order valence-corrected chi connectivity index (χ0v) is 41.6. The fourth-order valence-electron chi connectivity index (χ4n) is 13.3. The van der Waals surface area contributed by atoms with Crippen molar-refractivity contribution in [2.75, 3.05) is 4.90 Å². The van der Waals surface area contributed by atoms with Crippen LogP contribution in [-0.2, 0) is 10.8 Å². The van der Waals surface area contributed by atoms with E-state index in [1.165, 1.54) is 122 Å². The molecule has 0 amide bonds. The molecule has 0 unspecified atom stereocenters. The molecule has 0 aromatic heterocycles. The fourth-order valence-corrected chi connectivity index (χ4v) is 13.3. The van der Waals surface area contributed by atoms with Crippen molar-refractivity contribution in [3.8, 4) is 77.9 Å². The van der Waals surface area contributed by atoms with Crippen LogP contribution in [-0.4, -0.2) is 0 Å². The highest BCUT2D eigenvalue weighted by atomic mass is 15.1. The molecule has 11 aromatic rings. The first-order valence-electron chi connectivity index (χ1n) is 25.8. The SMILES string of the molecule is Cc1ccccc1-c1cccc(-c2ccc(N(c3cccc(-c4ccccc4)c3)c3ccc4c(c3)C(C)(C)c3ccccc3-4)c(-c3cccc4c3-c3ccccc3C43c4ccccc4-c4ccccc43)c2)c1C. The van der Waals surface area contributed by atoms with Gasteiger partial charge >= 0.3 is 0 Å². The summed E-state index contributed by atoms with van der Waals surface area (Å²) < 4.78 is 0. The van der Waals surface area contributed by atoms with Gasteiger partial charge in [-0.3, -0.25) is 0 Å². The van der Waals surface area contributed by atoms with Crippen molar-refractivity contribution in [3.05, 3.63) is 293 Å². The Kier molecular flexibility index (Phi) is 9.66. The lowest BCUT2D eigenvalue weighted by molar-refractivity contribution is 0.660. The predicted molar refractivity (Wildman–Crippen MR) is 306 cm³/mol. The molecule has 0 heterocycles. The van der Waals surface area contributed by atoms with Crippen LogP contribution in [0, 0.1) is 13.8 Å². The van der Waals surface area contributed by atoms with Crippen LogP contribution in [0.15, 0.2) is 249 Å². The second-order valence-electron chi connectivity index (χ2n) is 20.8. The van der Waals surface area contributed by atoms with Gasteiger partial charge in [0.2, 0.25) is 0 Å². The van der Waals surface area contributed by atoms with Crippen molar-refractivity contribution in [2.45, 2.75) is 38.5 Å². The summed E-state index contributed by atoms with van der Waals surface area (Å²) >= 11 is 0. The molecule has 3 aliphatic carbocycles. The van der Waals surface area contributed by atoms with Crippen LogP contribution in [0.5, 0.6) is 0 Å².